The van der Waals surface area contributed by atoms with Crippen LogP contribution in [-0.4, -0.2) is 11.0 Å². The van der Waals surface area contributed by atoms with E-state index in [0.717, 1.165) is 15.7 Å². The number of nitrogens with one attached hydrogen (secondary N) is 1. The van der Waals surface area contributed by atoms with Crippen LogP contribution in [0.1, 0.15) is 11.1 Å². The first-order valence-electron chi connectivity index (χ1n) is 5.89. The van der Waals surface area contributed by atoms with Gasteiger partial charge in [0, 0.05) is 10.0 Å². The third-order valence-electron chi connectivity index (χ3n) is 2.74. The Morgan fingerprint density at radius 1 is 1.26 bits per heavy atom. The fraction of sp³-hybridized carbons (Fsp3) is 0.133. The van der Waals surface area contributed by atoms with Gasteiger partial charge in [0.2, 0.25) is 5.91 Å². The molecular formula is C15H14BrNO2. The molecule has 0 saturated heterocycles. The number of carbonyl (C=O) groups is 1. The molecular weight excluding hydrogens is 306 g/mol. The fourth-order valence-electron chi connectivity index (χ4n) is 1.76. The minimum atomic E-state index is -0.159. The van der Waals surface area contributed by atoms with Crippen molar-refractivity contribution < 1.29 is 9.90 Å². The van der Waals surface area contributed by atoms with Crippen LogP contribution in [0.15, 0.2) is 46.9 Å². The summed E-state index contributed by atoms with van der Waals surface area (Å²) >= 11 is 3.39. The molecule has 1 amide bonds. The van der Waals surface area contributed by atoms with Crippen LogP contribution >= 0.6 is 15.9 Å². The molecule has 0 bridgehead atoms. The number of hydrogen-bond acceptors (Lipinski definition) is 2. The highest BCUT2D eigenvalue weighted by Gasteiger charge is 2.09. The number of phenols is 1. The summed E-state index contributed by atoms with van der Waals surface area (Å²) in [5, 5.41) is 12.5. The topological polar surface area (TPSA) is 49.3 Å². The van der Waals surface area contributed by atoms with Crippen LogP contribution in [-0.2, 0) is 11.2 Å². The summed E-state index contributed by atoms with van der Waals surface area (Å²) < 4.78 is 0.837. The van der Waals surface area contributed by atoms with Gasteiger partial charge in [-0.15, -0.1) is 0 Å². The van der Waals surface area contributed by atoms with Crippen molar-refractivity contribution in [2.45, 2.75) is 13.3 Å². The van der Waals surface area contributed by atoms with Crippen LogP contribution < -0.4 is 5.32 Å². The molecule has 0 heterocycles. The van der Waals surface area contributed by atoms with Crippen molar-refractivity contribution in [3.8, 4) is 5.75 Å². The summed E-state index contributed by atoms with van der Waals surface area (Å²) in [6.07, 6.45) is 0.146. The van der Waals surface area contributed by atoms with E-state index in [4.69, 9.17) is 0 Å². The number of phenolic OH excluding ortho intramolecular Hbond substituents is 1. The number of carbonyl (C=O) groups excluding carboxylic acids is 1. The zero-order valence-electron chi connectivity index (χ0n) is 10.5. The van der Waals surface area contributed by atoms with Crippen LogP contribution in [0.2, 0.25) is 0 Å². The van der Waals surface area contributed by atoms with Gasteiger partial charge in [-0.25, -0.2) is 0 Å². The van der Waals surface area contributed by atoms with E-state index < -0.39 is 0 Å². The molecule has 2 aromatic rings. The summed E-state index contributed by atoms with van der Waals surface area (Å²) in [7, 11) is 0. The second-order valence-corrected chi connectivity index (χ2v) is 5.19. The number of para-hydroxylation sites is 1. The number of rotatable bonds is 3. The van der Waals surface area contributed by atoms with E-state index in [2.05, 4.69) is 21.2 Å². The number of aryl methyl sites for hydroxylation is 1. The van der Waals surface area contributed by atoms with Crippen LogP contribution in [0.4, 0.5) is 5.69 Å². The molecule has 0 fully saturated rings. The summed E-state index contributed by atoms with van der Waals surface area (Å²) in [6, 6.07) is 12.6. The number of anilines is 1. The monoisotopic (exact) mass is 319 g/mol. The third-order valence-corrected chi connectivity index (χ3v) is 3.43. The van der Waals surface area contributed by atoms with Gasteiger partial charge in [-0.1, -0.05) is 24.3 Å². The highest BCUT2D eigenvalue weighted by molar-refractivity contribution is 9.10. The van der Waals surface area contributed by atoms with Gasteiger partial charge in [-0.3, -0.25) is 4.79 Å². The van der Waals surface area contributed by atoms with Crippen molar-refractivity contribution in [2.75, 3.05) is 5.32 Å². The number of benzene rings is 2. The highest BCUT2D eigenvalue weighted by Crippen LogP contribution is 2.24. The van der Waals surface area contributed by atoms with Crippen LogP contribution in [0.3, 0.4) is 0 Å². The summed E-state index contributed by atoms with van der Waals surface area (Å²) in [4.78, 5) is 12.0. The fourth-order valence-corrected chi connectivity index (χ4v) is 2.11. The first kappa shape index (κ1) is 13.6. The van der Waals surface area contributed by atoms with Crippen molar-refractivity contribution in [1.82, 2.24) is 0 Å². The molecule has 4 heteroatoms. The average Bonchev–Trinajstić information content (AvgIpc) is 2.37. The quantitative estimate of drug-likeness (QED) is 0.907. The Balaban J connectivity index is 2.10. The maximum atomic E-state index is 12.0. The van der Waals surface area contributed by atoms with Crippen molar-refractivity contribution >= 4 is 27.5 Å². The van der Waals surface area contributed by atoms with E-state index in [0.29, 0.717) is 5.56 Å². The average molecular weight is 320 g/mol. The normalized spacial score (nSPS) is 10.2. The molecule has 0 aliphatic rings. The van der Waals surface area contributed by atoms with E-state index in [1.165, 1.54) is 0 Å². The largest absolute Gasteiger partial charge is 0.508 e. The first-order chi connectivity index (χ1) is 9.06. The molecule has 2 N–H and O–H groups in total. The van der Waals surface area contributed by atoms with Gasteiger partial charge in [-0.05, 0) is 46.6 Å². The van der Waals surface area contributed by atoms with Crippen molar-refractivity contribution in [2.24, 2.45) is 0 Å². The lowest BCUT2D eigenvalue weighted by Crippen LogP contribution is -2.14. The van der Waals surface area contributed by atoms with E-state index in [9.17, 15) is 9.90 Å². The SMILES string of the molecule is Cc1ccc(Br)c(NC(=O)Cc2ccccc2O)c1. The van der Waals surface area contributed by atoms with E-state index in [1.807, 2.05) is 25.1 Å². The molecule has 0 spiro atoms. The van der Waals surface area contributed by atoms with Gasteiger partial charge in [0.05, 0.1) is 12.1 Å². The van der Waals surface area contributed by atoms with Gasteiger partial charge >= 0.3 is 0 Å². The lowest BCUT2D eigenvalue weighted by atomic mass is 10.1. The van der Waals surface area contributed by atoms with Crippen LogP contribution in [0, 0.1) is 6.92 Å². The molecule has 0 saturated carbocycles. The lowest BCUT2D eigenvalue weighted by Gasteiger charge is -2.09. The van der Waals surface area contributed by atoms with Gasteiger partial charge in [-0.2, -0.15) is 0 Å². The molecule has 2 rings (SSSR count). The Bertz CT molecular complexity index is 611. The van der Waals surface area contributed by atoms with Crippen LogP contribution in [0.25, 0.3) is 0 Å². The summed E-state index contributed by atoms with van der Waals surface area (Å²) in [6.45, 7) is 1.96. The molecule has 3 nitrogen and oxygen atoms in total. The van der Waals surface area contributed by atoms with Crippen molar-refractivity contribution in [1.29, 1.82) is 0 Å². The van der Waals surface area contributed by atoms with Gasteiger partial charge in [0.25, 0.3) is 0 Å². The van der Waals surface area contributed by atoms with Crippen LogP contribution in [0.5, 0.6) is 5.75 Å². The molecule has 2 aromatic carbocycles. The Labute approximate surface area is 120 Å². The zero-order valence-corrected chi connectivity index (χ0v) is 12.1. The standard InChI is InChI=1S/C15H14BrNO2/c1-10-6-7-12(16)13(8-10)17-15(19)9-11-4-2-3-5-14(11)18/h2-8,18H,9H2,1H3,(H,17,19). The van der Waals surface area contributed by atoms with Crippen molar-refractivity contribution in [3.63, 3.8) is 0 Å². The zero-order chi connectivity index (χ0) is 13.8. The molecule has 0 unspecified atom stereocenters. The van der Waals surface area contributed by atoms with Crippen molar-refractivity contribution in [3.05, 3.63) is 58.1 Å². The maximum absolute atomic E-state index is 12.0. The number of aromatic hydroxyl groups is 1. The number of halogens is 1. The molecule has 0 aromatic heterocycles. The third kappa shape index (κ3) is 3.58. The Hall–Kier alpha value is -1.81. The predicted molar refractivity (Wildman–Crippen MR) is 79.3 cm³/mol. The van der Waals surface area contributed by atoms with E-state index in [1.54, 1.807) is 24.3 Å². The molecule has 98 valence electrons. The molecule has 0 radical (unpaired) electrons. The minimum Gasteiger partial charge on any atom is -0.508 e. The second kappa shape index (κ2) is 5.89. The maximum Gasteiger partial charge on any atom is 0.228 e. The Morgan fingerprint density at radius 3 is 2.74 bits per heavy atom. The van der Waals surface area contributed by atoms with E-state index in [-0.39, 0.29) is 18.1 Å². The predicted octanol–water partition coefficient (Wildman–Crippen LogP) is 3.64. The lowest BCUT2D eigenvalue weighted by molar-refractivity contribution is -0.115. The Morgan fingerprint density at radius 2 is 2.00 bits per heavy atom. The molecule has 0 aliphatic carbocycles. The highest BCUT2D eigenvalue weighted by atomic mass is 79.9. The molecule has 0 aliphatic heterocycles. The Kier molecular flexibility index (Phi) is 4.22. The molecule has 0 atom stereocenters. The van der Waals surface area contributed by atoms with Gasteiger partial charge in [0.1, 0.15) is 5.75 Å². The van der Waals surface area contributed by atoms with Gasteiger partial charge in [0.15, 0.2) is 0 Å². The summed E-state index contributed by atoms with van der Waals surface area (Å²) in [5.74, 6) is -0.0197. The minimum absolute atomic E-state index is 0.140. The second-order valence-electron chi connectivity index (χ2n) is 4.34. The van der Waals surface area contributed by atoms with E-state index >= 15 is 0 Å². The number of hydrogen-bond donors (Lipinski definition) is 2. The molecule has 19 heavy (non-hydrogen) atoms. The first-order valence-corrected chi connectivity index (χ1v) is 6.68. The summed E-state index contributed by atoms with van der Waals surface area (Å²) in [5.41, 5.74) is 2.42. The smallest absolute Gasteiger partial charge is 0.228 e. The van der Waals surface area contributed by atoms with Gasteiger partial charge < -0.3 is 10.4 Å². The number of amides is 1.